The van der Waals surface area contributed by atoms with E-state index in [-0.39, 0.29) is 0 Å². The predicted molar refractivity (Wildman–Crippen MR) is 84.7 cm³/mol. The van der Waals surface area contributed by atoms with Crippen molar-refractivity contribution in [1.82, 2.24) is 0 Å². The van der Waals surface area contributed by atoms with Crippen molar-refractivity contribution < 1.29 is 0 Å². The van der Waals surface area contributed by atoms with E-state index in [4.69, 9.17) is 0 Å². The summed E-state index contributed by atoms with van der Waals surface area (Å²) in [5.74, 6) is 1.90. The Labute approximate surface area is 115 Å². The van der Waals surface area contributed by atoms with Crippen LogP contribution in [0.15, 0.2) is 34.9 Å². The predicted octanol–water partition coefficient (Wildman–Crippen LogP) is 6.16. The molecule has 0 nitrogen and oxygen atoms in total. The molecule has 104 valence electrons. The summed E-state index contributed by atoms with van der Waals surface area (Å²) in [4.78, 5) is 0. The van der Waals surface area contributed by atoms with E-state index in [0.29, 0.717) is 17.8 Å². The monoisotopic (exact) mass is 248 g/mol. The van der Waals surface area contributed by atoms with Crippen molar-refractivity contribution in [2.24, 2.45) is 17.8 Å². The molecule has 0 aromatic rings. The van der Waals surface area contributed by atoms with Crippen LogP contribution in [0.25, 0.3) is 0 Å². The average Bonchev–Trinajstić information content (AvgIpc) is 2.53. The summed E-state index contributed by atoms with van der Waals surface area (Å²) in [5, 5.41) is 0. The second-order valence-corrected chi connectivity index (χ2v) is 5.70. The number of rotatable bonds is 3. The van der Waals surface area contributed by atoms with Gasteiger partial charge in [-0.2, -0.15) is 0 Å². The normalized spacial score (nSPS) is 15.8. The molecule has 0 saturated heterocycles. The molecule has 0 aromatic heterocycles. The van der Waals surface area contributed by atoms with E-state index < -0.39 is 0 Å². The van der Waals surface area contributed by atoms with Gasteiger partial charge in [0.25, 0.3) is 0 Å². The van der Waals surface area contributed by atoms with Crippen molar-refractivity contribution in [3.05, 3.63) is 34.9 Å². The highest BCUT2D eigenvalue weighted by molar-refractivity contribution is 5.41. The topological polar surface area (TPSA) is 0 Å². The zero-order chi connectivity index (χ0) is 14.3. The number of hydrogen-bond donors (Lipinski definition) is 0. The van der Waals surface area contributed by atoms with E-state index in [2.05, 4.69) is 59.8 Å². The van der Waals surface area contributed by atoms with Crippen molar-refractivity contribution >= 4 is 0 Å². The molecule has 18 heavy (non-hydrogen) atoms. The standard InChI is InChI=1S/C16H26.C2H6/c1-11(2)14-8-7-9-15(12(3)4)16(10-14)13(5)6;1-2/h7,9-13H,8H2,1-6H3;1-2H3. The van der Waals surface area contributed by atoms with Crippen LogP contribution in [-0.2, 0) is 0 Å². The first-order valence-corrected chi connectivity index (χ1v) is 7.54. The molecule has 0 amide bonds. The van der Waals surface area contributed by atoms with Crippen molar-refractivity contribution in [3.8, 4) is 0 Å². The summed E-state index contributed by atoms with van der Waals surface area (Å²) in [6.07, 6.45) is 8.23. The van der Waals surface area contributed by atoms with Crippen LogP contribution in [0.3, 0.4) is 0 Å². The molecule has 1 aliphatic carbocycles. The van der Waals surface area contributed by atoms with Crippen LogP contribution in [0.1, 0.15) is 61.8 Å². The first kappa shape index (κ1) is 17.2. The minimum atomic E-state index is 0.619. The number of allylic oxidation sites excluding steroid dienone is 6. The lowest BCUT2D eigenvalue weighted by Crippen LogP contribution is -2.02. The lowest BCUT2D eigenvalue weighted by atomic mass is 9.89. The molecule has 1 rings (SSSR count). The Morgan fingerprint density at radius 2 is 1.28 bits per heavy atom. The van der Waals surface area contributed by atoms with Gasteiger partial charge in [-0.25, -0.2) is 0 Å². The lowest BCUT2D eigenvalue weighted by Gasteiger charge is -2.17. The fourth-order valence-corrected chi connectivity index (χ4v) is 2.19. The van der Waals surface area contributed by atoms with Gasteiger partial charge in [0.15, 0.2) is 0 Å². The van der Waals surface area contributed by atoms with Crippen molar-refractivity contribution in [3.63, 3.8) is 0 Å². The van der Waals surface area contributed by atoms with Gasteiger partial charge in [-0.1, -0.05) is 79.2 Å². The molecule has 0 radical (unpaired) electrons. The Morgan fingerprint density at radius 3 is 1.67 bits per heavy atom. The molecule has 0 spiro atoms. The Balaban J connectivity index is 0.00000137. The molecular weight excluding hydrogens is 216 g/mol. The maximum Gasteiger partial charge on any atom is -0.0130 e. The third-order valence-electron chi connectivity index (χ3n) is 3.31. The molecule has 0 heterocycles. The van der Waals surface area contributed by atoms with Gasteiger partial charge in [-0.15, -0.1) is 0 Å². The molecule has 0 fully saturated rings. The van der Waals surface area contributed by atoms with Gasteiger partial charge in [-0.3, -0.25) is 0 Å². The molecule has 0 bridgehead atoms. The summed E-state index contributed by atoms with van der Waals surface area (Å²) < 4.78 is 0. The van der Waals surface area contributed by atoms with Crippen LogP contribution in [0, 0.1) is 17.8 Å². The fraction of sp³-hybridized carbons (Fsp3) is 0.667. The van der Waals surface area contributed by atoms with Crippen molar-refractivity contribution in [1.29, 1.82) is 0 Å². The van der Waals surface area contributed by atoms with Gasteiger partial charge in [0.2, 0.25) is 0 Å². The molecule has 1 aliphatic rings. The van der Waals surface area contributed by atoms with Gasteiger partial charge in [0, 0.05) is 0 Å². The maximum absolute atomic E-state index is 2.45. The highest BCUT2D eigenvalue weighted by atomic mass is 14.2. The molecule has 0 unspecified atom stereocenters. The van der Waals surface area contributed by atoms with Gasteiger partial charge in [0.1, 0.15) is 0 Å². The highest BCUT2D eigenvalue weighted by Gasteiger charge is 2.14. The molecular formula is C18H32. The Morgan fingerprint density at radius 1 is 0.778 bits per heavy atom. The average molecular weight is 248 g/mol. The fourth-order valence-electron chi connectivity index (χ4n) is 2.19. The van der Waals surface area contributed by atoms with E-state index in [1.54, 1.807) is 5.57 Å². The Hall–Kier alpha value is -0.780. The van der Waals surface area contributed by atoms with Crippen LogP contribution in [0.4, 0.5) is 0 Å². The highest BCUT2D eigenvalue weighted by Crippen LogP contribution is 2.30. The smallest absolute Gasteiger partial charge is 0.0130 e. The van der Waals surface area contributed by atoms with E-state index in [9.17, 15) is 0 Å². The summed E-state index contributed by atoms with van der Waals surface area (Å²) in [5.41, 5.74) is 4.62. The van der Waals surface area contributed by atoms with E-state index in [1.807, 2.05) is 13.8 Å². The van der Waals surface area contributed by atoms with E-state index in [0.717, 1.165) is 6.42 Å². The number of hydrogen-bond acceptors (Lipinski definition) is 0. The molecule has 0 heteroatoms. The first-order valence-electron chi connectivity index (χ1n) is 7.54. The first-order chi connectivity index (χ1) is 8.43. The third kappa shape index (κ3) is 4.84. The van der Waals surface area contributed by atoms with Gasteiger partial charge in [0.05, 0.1) is 0 Å². The van der Waals surface area contributed by atoms with E-state index in [1.165, 1.54) is 11.1 Å². The summed E-state index contributed by atoms with van der Waals surface area (Å²) >= 11 is 0. The van der Waals surface area contributed by atoms with Crippen LogP contribution < -0.4 is 0 Å². The Bertz CT molecular complexity index is 322. The van der Waals surface area contributed by atoms with Crippen LogP contribution in [-0.4, -0.2) is 0 Å². The van der Waals surface area contributed by atoms with Crippen molar-refractivity contribution in [2.45, 2.75) is 61.8 Å². The molecule has 0 saturated carbocycles. The SMILES string of the molecule is CC.CC(C)C1=CC(C(C)C)=C(C(C)C)C=CC1. The minimum absolute atomic E-state index is 0.619. The largest absolute Gasteiger partial charge is 0.0802 e. The van der Waals surface area contributed by atoms with Crippen LogP contribution in [0.2, 0.25) is 0 Å². The minimum Gasteiger partial charge on any atom is -0.0802 e. The molecule has 0 atom stereocenters. The molecule has 0 aromatic carbocycles. The second kappa shape index (κ2) is 8.34. The third-order valence-corrected chi connectivity index (χ3v) is 3.31. The lowest BCUT2D eigenvalue weighted by molar-refractivity contribution is 0.712. The van der Waals surface area contributed by atoms with Crippen LogP contribution in [0.5, 0.6) is 0 Å². The summed E-state index contributed by atoms with van der Waals surface area (Å²) in [6.45, 7) is 17.7. The summed E-state index contributed by atoms with van der Waals surface area (Å²) in [7, 11) is 0. The quantitative estimate of drug-likeness (QED) is 0.561. The molecule has 0 aliphatic heterocycles. The zero-order valence-electron chi connectivity index (χ0n) is 13.7. The zero-order valence-corrected chi connectivity index (χ0v) is 13.7. The van der Waals surface area contributed by atoms with Crippen molar-refractivity contribution in [2.75, 3.05) is 0 Å². The maximum atomic E-state index is 2.45. The Kier molecular flexibility index (Phi) is 7.98. The van der Waals surface area contributed by atoms with Crippen LogP contribution >= 0.6 is 0 Å². The van der Waals surface area contributed by atoms with Gasteiger partial charge in [-0.05, 0) is 35.3 Å². The molecule has 0 N–H and O–H groups in total. The van der Waals surface area contributed by atoms with Gasteiger partial charge < -0.3 is 0 Å². The van der Waals surface area contributed by atoms with Gasteiger partial charge >= 0.3 is 0 Å². The summed E-state index contributed by atoms with van der Waals surface area (Å²) in [6, 6.07) is 0. The van der Waals surface area contributed by atoms with E-state index >= 15 is 0 Å². The second-order valence-electron chi connectivity index (χ2n) is 5.70.